The topological polar surface area (TPSA) is 20.3 Å². The molecule has 1 aliphatic rings. The molecule has 1 heterocycles. The summed E-state index contributed by atoms with van der Waals surface area (Å²) in [6, 6.07) is 14.2. The third-order valence-corrected chi connectivity index (χ3v) is 4.69. The summed E-state index contributed by atoms with van der Waals surface area (Å²) in [6.45, 7) is 0.819. The molecule has 0 bridgehead atoms. The fourth-order valence-electron chi connectivity index (χ4n) is 3.17. The predicted octanol–water partition coefficient (Wildman–Crippen LogP) is 4.46. The Hall–Kier alpha value is -1.54. The smallest absolute Gasteiger partial charge is 0.254 e. The molecule has 1 aliphatic heterocycles. The third-order valence-electron chi connectivity index (χ3n) is 4.34. The Balaban J connectivity index is 1.99. The normalized spacial score (nSPS) is 19.5. The number of fused-ring (bicyclic) bond motifs is 1. The lowest BCUT2D eigenvalue weighted by molar-refractivity contribution is 0.0702. The van der Waals surface area contributed by atoms with E-state index in [1.807, 2.05) is 47.4 Å². The van der Waals surface area contributed by atoms with Gasteiger partial charge in [-0.05, 0) is 29.7 Å². The van der Waals surface area contributed by atoms with Crippen molar-refractivity contribution in [1.29, 1.82) is 0 Å². The fourth-order valence-corrected chi connectivity index (χ4v) is 3.49. The number of rotatable bonds is 2. The molecule has 0 N–H and O–H groups in total. The summed E-state index contributed by atoms with van der Waals surface area (Å²) in [5.41, 5.74) is 0.796. The van der Waals surface area contributed by atoms with Gasteiger partial charge in [0.15, 0.2) is 0 Å². The lowest BCUT2D eigenvalue weighted by Crippen LogP contribution is -2.41. The van der Waals surface area contributed by atoms with Crippen molar-refractivity contribution in [3.05, 3.63) is 48.0 Å². The molecule has 3 rings (SSSR count). The number of halogens is 1. The summed E-state index contributed by atoms with van der Waals surface area (Å²) in [5.74, 6) is 0.649. The highest BCUT2D eigenvalue weighted by Gasteiger charge is 2.26. The van der Waals surface area contributed by atoms with Crippen LogP contribution >= 0.6 is 11.6 Å². The third kappa shape index (κ3) is 2.91. The van der Waals surface area contributed by atoms with Crippen molar-refractivity contribution in [3.8, 4) is 0 Å². The number of benzene rings is 2. The predicted molar refractivity (Wildman–Crippen MR) is 88.0 cm³/mol. The Bertz CT molecular complexity index is 635. The van der Waals surface area contributed by atoms with Gasteiger partial charge in [0.25, 0.3) is 5.91 Å². The van der Waals surface area contributed by atoms with Crippen molar-refractivity contribution in [2.24, 2.45) is 0 Å². The molecule has 110 valence electrons. The Morgan fingerprint density at radius 1 is 1.10 bits per heavy atom. The van der Waals surface area contributed by atoms with Crippen LogP contribution in [0.25, 0.3) is 10.8 Å². The first-order valence-corrected chi connectivity index (χ1v) is 8.19. The molecule has 0 saturated carbocycles. The van der Waals surface area contributed by atoms with E-state index in [-0.39, 0.29) is 11.9 Å². The zero-order valence-corrected chi connectivity index (χ0v) is 12.9. The molecule has 2 aromatic carbocycles. The van der Waals surface area contributed by atoms with Crippen LogP contribution in [0.5, 0.6) is 0 Å². The average Bonchev–Trinajstić information content (AvgIpc) is 2.79. The van der Waals surface area contributed by atoms with Crippen LogP contribution in [0.2, 0.25) is 0 Å². The highest BCUT2D eigenvalue weighted by atomic mass is 35.5. The first kappa shape index (κ1) is 14.4. The summed E-state index contributed by atoms with van der Waals surface area (Å²) in [5, 5.41) is 2.14. The lowest BCUT2D eigenvalue weighted by Gasteiger charge is -2.29. The van der Waals surface area contributed by atoms with Gasteiger partial charge < -0.3 is 4.90 Å². The number of alkyl halides is 1. The monoisotopic (exact) mass is 301 g/mol. The number of amides is 1. The van der Waals surface area contributed by atoms with E-state index < -0.39 is 0 Å². The number of carbonyl (C=O) groups is 1. The Morgan fingerprint density at radius 3 is 2.76 bits per heavy atom. The highest BCUT2D eigenvalue weighted by molar-refractivity contribution is 6.18. The van der Waals surface area contributed by atoms with Crippen molar-refractivity contribution in [2.75, 3.05) is 12.4 Å². The van der Waals surface area contributed by atoms with Gasteiger partial charge in [0.05, 0.1) is 0 Å². The summed E-state index contributed by atoms with van der Waals surface area (Å²) in [7, 11) is 0. The van der Waals surface area contributed by atoms with E-state index in [4.69, 9.17) is 11.6 Å². The van der Waals surface area contributed by atoms with Gasteiger partial charge in [0, 0.05) is 24.0 Å². The van der Waals surface area contributed by atoms with Crippen LogP contribution in [0.15, 0.2) is 42.5 Å². The SMILES string of the molecule is O=C(c1cccc2ccccc12)N1CCCCCC1CCl. The molecule has 21 heavy (non-hydrogen) atoms. The molecule has 1 fully saturated rings. The van der Waals surface area contributed by atoms with E-state index in [2.05, 4.69) is 0 Å². The summed E-state index contributed by atoms with van der Waals surface area (Å²) < 4.78 is 0. The molecule has 2 nitrogen and oxygen atoms in total. The highest BCUT2D eigenvalue weighted by Crippen LogP contribution is 2.24. The van der Waals surface area contributed by atoms with Crippen molar-refractivity contribution >= 4 is 28.3 Å². The Kier molecular flexibility index (Phi) is 4.45. The second-order valence-corrected chi connectivity index (χ2v) is 5.99. The van der Waals surface area contributed by atoms with Gasteiger partial charge in [0.1, 0.15) is 0 Å². The maximum absolute atomic E-state index is 13.0. The van der Waals surface area contributed by atoms with Gasteiger partial charge in [-0.1, -0.05) is 49.2 Å². The van der Waals surface area contributed by atoms with Gasteiger partial charge in [-0.25, -0.2) is 0 Å². The van der Waals surface area contributed by atoms with Gasteiger partial charge in [0.2, 0.25) is 0 Å². The fraction of sp³-hybridized carbons (Fsp3) is 0.389. The minimum absolute atomic E-state index is 0.124. The zero-order valence-electron chi connectivity index (χ0n) is 12.1. The standard InChI is InChI=1S/C18H20ClNO/c19-13-15-9-2-1-5-12-20(15)18(21)17-11-6-8-14-7-3-4-10-16(14)17/h3-4,6-8,10-11,15H,1-2,5,9,12-13H2. The van der Waals surface area contributed by atoms with Crippen molar-refractivity contribution in [3.63, 3.8) is 0 Å². The molecule has 1 unspecified atom stereocenters. The minimum atomic E-state index is 0.124. The molecule has 1 amide bonds. The Labute approximate surface area is 130 Å². The second kappa shape index (κ2) is 6.48. The molecular formula is C18H20ClNO. The van der Waals surface area contributed by atoms with Crippen LogP contribution < -0.4 is 0 Å². The molecule has 1 saturated heterocycles. The maximum Gasteiger partial charge on any atom is 0.254 e. The van der Waals surface area contributed by atoms with Crippen LogP contribution in [0.4, 0.5) is 0 Å². The van der Waals surface area contributed by atoms with E-state index in [9.17, 15) is 4.79 Å². The first-order valence-electron chi connectivity index (χ1n) is 7.66. The van der Waals surface area contributed by atoms with E-state index in [1.165, 1.54) is 6.42 Å². The van der Waals surface area contributed by atoms with Crippen LogP contribution in [0.3, 0.4) is 0 Å². The van der Waals surface area contributed by atoms with Gasteiger partial charge >= 0.3 is 0 Å². The molecule has 3 heteroatoms. The van der Waals surface area contributed by atoms with E-state index in [0.29, 0.717) is 5.88 Å². The van der Waals surface area contributed by atoms with E-state index in [1.54, 1.807) is 0 Å². The number of hydrogen-bond acceptors (Lipinski definition) is 1. The molecule has 1 atom stereocenters. The van der Waals surface area contributed by atoms with Gasteiger partial charge in [-0.3, -0.25) is 4.79 Å². The average molecular weight is 302 g/mol. The van der Waals surface area contributed by atoms with Gasteiger partial charge in [-0.15, -0.1) is 11.6 Å². The van der Waals surface area contributed by atoms with E-state index in [0.717, 1.165) is 42.1 Å². The lowest BCUT2D eigenvalue weighted by atomic mass is 10.0. The van der Waals surface area contributed by atoms with Crippen LogP contribution in [-0.2, 0) is 0 Å². The second-order valence-electron chi connectivity index (χ2n) is 5.68. The number of carbonyl (C=O) groups excluding carboxylic acids is 1. The summed E-state index contributed by atoms with van der Waals surface area (Å²) in [4.78, 5) is 15.0. The summed E-state index contributed by atoms with van der Waals surface area (Å²) in [6.07, 6.45) is 4.44. The van der Waals surface area contributed by atoms with Crippen molar-refractivity contribution < 1.29 is 4.79 Å². The number of likely N-dealkylation sites (tertiary alicyclic amines) is 1. The van der Waals surface area contributed by atoms with Crippen molar-refractivity contribution in [1.82, 2.24) is 4.90 Å². The molecule has 0 aliphatic carbocycles. The zero-order chi connectivity index (χ0) is 14.7. The van der Waals surface area contributed by atoms with Crippen LogP contribution in [0, 0.1) is 0 Å². The number of nitrogens with zero attached hydrogens (tertiary/aromatic N) is 1. The quantitative estimate of drug-likeness (QED) is 0.750. The van der Waals surface area contributed by atoms with Gasteiger partial charge in [-0.2, -0.15) is 0 Å². The first-order chi connectivity index (χ1) is 10.3. The molecule has 0 radical (unpaired) electrons. The Morgan fingerprint density at radius 2 is 1.90 bits per heavy atom. The van der Waals surface area contributed by atoms with Crippen LogP contribution in [-0.4, -0.2) is 29.3 Å². The van der Waals surface area contributed by atoms with Crippen molar-refractivity contribution in [2.45, 2.75) is 31.7 Å². The molecular weight excluding hydrogens is 282 g/mol. The minimum Gasteiger partial charge on any atom is -0.334 e. The van der Waals surface area contributed by atoms with Crippen LogP contribution in [0.1, 0.15) is 36.0 Å². The molecule has 0 aromatic heterocycles. The largest absolute Gasteiger partial charge is 0.334 e. The number of hydrogen-bond donors (Lipinski definition) is 0. The molecule has 0 spiro atoms. The molecule has 2 aromatic rings. The van der Waals surface area contributed by atoms with E-state index >= 15 is 0 Å². The maximum atomic E-state index is 13.0. The summed E-state index contributed by atoms with van der Waals surface area (Å²) >= 11 is 6.10.